The van der Waals surface area contributed by atoms with Gasteiger partial charge in [-0.25, -0.2) is 0 Å². The lowest BCUT2D eigenvalue weighted by atomic mass is 9.79. The van der Waals surface area contributed by atoms with Crippen molar-refractivity contribution in [3.8, 4) is 0 Å². The summed E-state index contributed by atoms with van der Waals surface area (Å²) in [5, 5.41) is 10.7. The van der Waals surface area contributed by atoms with Crippen LogP contribution in [0.1, 0.15) is 26.1 Å². The summed E-state index contributed by atoms with van der Waals surface area (Å²) in [6, 6.07) is 0.0811. The number of aromatic nitrogens is 2. The zero-order valence-electron chi connectivity index (χ0n) is 12.6. The van der Waals surface area contributed by atoms with E-state index in [1.807, 2.05) is 13.8 Å². The number of likely N-dealkylation sites (tertiary alicyclic amines) is 1. The summed E-state index contributed by atoms with van der Waals surface area (Å²) < 4.78 is 1.52. The molecular weight excluding hydrogens is 274 g/mol. The van der Waals surface area contributed by atoms with Crippen LogP contribution in [0.15, 0.2) is 6.20 Å². The maximum absolute atomic E-state index is 12.4. The predicted octanol–water partition coefficient (Wildman–Crippen LogP) is 0.686. The monoisotopic (exact) mass is 295 g/mol. The molecule has 1 unspecified atom stereocenters. The van der Waals surface area contributed by atoms with Crippen molar-refractivity contribution < 1.29 is 9.72 Å². The zero-order valence-corrected chi connectivity index (χ0v) is 12.6. The lowest BCUT2D eigenvalue weighted by molar-refractivity contribution is -0.389. The van der Waals surface area contributed by atoms with Gasteiger partial charge in [-0.3, -0.25) is 9.36 Å². The molecule has 8 heteroatoms. The topological polar surface area (TPSA) is 107 Å². The summed E-state index contributed by atoms with van der Waals surface area (Å²) in [5.41, 5.74) is 5.94. The number of nitrogens with zero attached hydrogens (tertiary/aromatic N) is 4. The number of hydrogen-bond donors (Lipinski definition) is 1. The summed E-state index contributed by atoms with van der Waals surface area (Å²) in [4.78, 5) is 28.1. The van der Waals surface area contributed by atoms with Crippen molar-refractivity contribution in [2.45, 2.75) is 39.8 Å². The van der Waals surface area contributed by atoms with E-state index in [2.05, 4.69) is 4.98 Å². The van der Waals surface area contributed by atoms with E-state index in [1.165, 1.54) is 10.8 Å². The van der Waals surface area contributed by atoms with Gasteiger partial charge in [-0.05, 0) is 21.7 Å². The van der Waals surface area contributed by atoms with Crippen LogP contribution in [0.2, 0.25) is 0 Å². The molecule has 0 aromatic carbocycles. The van der Waals surface area contributed by atoms with Crippen LogP contribution < -0.4 is 5.73 Å². The smallest absolute Gasteiger partial charge is 0.358 e. The number of amides is 1. The third-order valence-corrected chi connectivity index (χ3v) is 4.12. The first kappa shape index (κ1) is 15.4. The third kappa shape index (κ3) is 3.21. The average Bonchev–Trinajstić information content (AvgIpc) is 2.74. The summed E-state index contributed by atoms with van der Waals surface area (Å²) >= 11 is 0. The van der Waals surface area contributed by atoms with E-state index in [0.717, 1.165) is 6.42 Å². The second-order valence-corrected chi connectivity index (χ2v) is 6.23. The molecule has 116 valence electrons. The normalized spacial score (nSPS) is 21.3. The second-order valence-electron chi connectivity index (χ2n) is 6.23. The fraction of sp³-hybridized carbons (Fsp3) is 0.692. The second kappa shape index (κ2) is 5.44. The SMILES string of the molecule is Cc1nc([N+](=O)[O-])cn1CC(=O)N1CCC(N)C(C)(C)C1. The van der Waals surface area contributed by atoms with E-state index in [-0.39, 0.29) is 29.7 Å². The van der Waals surface area contributed by atoms with Gasteiger partial charge in [-0.1, -0.05) is 13.8 Å². The van der Waals surface area contributed by atoms with Crippen LogP contribution in [0.5, 0.6) is 0 Å². The highest BCUT2D eigenvalue weighted by atomic mass is 16.6. The molecule has 0 bridgehead atoms. The number of hydrogen-bond acceptors (Lipinski definition) is 5. The number of nitro groups is 1. The minimum atomic E-state index is -0.559. The minimum absolute atomic E-state index is 0.0645. The van der Waals surface area contributed by atoms with Gasteiger partial charge < -0.3 is 20.7 Å². The highest BCUT2D eigenvalue weighted by molar-refractivity contribution is 5.76. The van der Waals surface area contributed by atoms with E-state index < -0.39 is 4.92 Å². The Kier molecular flexibility index (Phi) is 3.99. The molecule has 1 amide bonds. The van der Waals surface area contributed by atoms with Crippen LogP contribution in [0.4, 0.5) is 5.82 Å². The number of rotatable bonds is 3. The number of piperidine rings is 1. The Morgan fingerprint density at radius 2 is 2.29 bits per heavy atom. The van der Waals surface area contributed by atoms with E-state index in [0.29, 0.717) is 18.9 Å². The molecule has 0 saturated carbocycles. The van der Waals surface area contributed by atoms with Gasteiger partial charge >= 0.3 is 5.82 Å². The van der Waals surface area contributed by atoms with Gasteiger partial charge in [0.25, 0.3) is 0 Å². The summed E-state index contributed by atoms with van der Waals surface area (Å²) in [6.45, 7) is 7.03. The molecule has 0 spiro atoms. The molecule has 1 fully saturated rings. The molecule has 2 N–H and O–H groups in total. The van der Waals surface area contributed by atoms with Crippen molar-refractivity contribution in [2.75, 3.05) is 13.1 Å². The van der Waals surface area contributed by atoms with E-state index in [9.17, 15) is 14.9 Å². The van der Waals surface area contributed by atoms with Crippen LogP contribution >= 0.6 is 0 Å². The highest BCUT2D eigenvalue weighted by Gasteiger charge is 2.35. The molecule has 0 aliphatic carbocycles. The Morgan fingerprint density at radius 1 is 1.62 bits per heavy atom. The molecule has 1 aliphatic rings. The maximum atomic E-state index is 12.4. The van der Waals surface area contributed by atoms with Crippen LogP contribution in [0.25, 0.3) is 0 Å². The Hall–Kier alpha value is -1.96. The fourth-order valence-corrected chi connectivity index (χ4v) is 2.57. The summed E-state index contributed by atoms with van der Waals surface area (Å²) in [7, 11) is 0. The molecule has 1 aromatic rings. The van der Waals surface area contributed by atoms with Gasteiger partial charge in [-0.2, -0.15) is 0 Å². The fourth-order valence-electron chi connectivity index (χ4n) is 2.57. The van der Waals surface area contributed by atoms with Crippen molar-refractivity contribution >= 4 is 11.7 Å². The third-order valence-electron chi connectivity index (χ3n) is 4.12. The van der Waals surface area contributed by atoms with Gasteiger partial charge in [0.05, 0.1) is 0 Å². The van der Waals surface area contributed by atoms with Gasteiger partial charge in [0.15, 0.2) is 0 Å². The van der Waals surface area contributed by atoms with Gasteiger partial charge in [0, 0.05) is 26.1 Å². The van der Waals surface area contributed by atoms with E-state index in [4.69, 9.17) is 5.73 Å². The molecule has 8 nitrogen and oxygen atoms in total. The highest BCUT2D eigenvalue weighted by Crippen LogP contribution is 2.27. The molecule has 1 saturated heterocycles. The van der Waals surface area contributed by atoms with Crippen molar-refractivity contribution in [2.24, 2.45) is 11.1 Å². The Labute approximate surface area is 123 Å². The number of carbonyl (C=O) groups excluding carboxylic acids is 1. The first-order valence-corrected chi connectivity index (χ1v) is 6.92. The molecule has 0 radical (unpaired) electrons. The minimum Gasteiger partial charge on any atom is -0.358 e. The van der Waals surface area contributed by atoms with Crippen LogP contribution in [0, 0.1) is 22.5 Å². The van der Waals surface area contributed by atoms with Crippen molar-refractivity contribution in [3.05, 3.63) is 22.1 Å². The Morgan fingerprint density at radius 3 is 2.81 bits per heavy atom. The largest absolute Gasteiger partial charge is 0.381 e. The number of imidazole rings is 1. The predicted molar refractivity (Wildman–Crippen MR) is 76.6 cm³/mol. The van der Waals surface area contributed by atoms with Crippen molar-refractivity contribution in [1.29, 1.82) is 0 Å². The molecule has 1 aromatic heterocycles. The molecule has 1 aliphatic heterocycles. The number of nitrogens with two attached hydrogens (primary N) is 1. The standard InChI is InChI=1S/C13H21N5O3/c1-9-15-11(18(20)21)6-17(9)7-12(19)16-5-4-10(14)13(2,3)8-16/h6,10H,4-5,7-8,14H2,1-3H3. The summed E-state index contributed by atoms with van der Waals surface area (Å²) in [5.74, 6) is 0.162. The lowest BCUT2D eigenvalue weighted by Crippen LogP contribution is -2.54. The molecule has 2 heterocycles. The van der Waals surface area contributed by atoms with Crippen LogP contribution in [-0.2, 0) is 11.3 Å². The molecule has 1 atom stereocenters. The molecule has 2 rings (SSSR count). The molecule has 21 heavy (non-hydrogen) atoms. The number of carbonyl (C=O) groups is 1. The first-order valence-electron chi connectivity index (χ1n) is 6.92. The van der Waals surface area contributed by atoms with Crippen molar-refractivity contribution in [1.82, 2.24) is 14.5 Å². The summed E-state index contributed by atoms with van der Waals surface area (Å²) in [6.07, 6.45) is 2.07. The van der Waals surface area contributed by atoms with E-state index >= 15 is 0 Å². The Bertz CT molecular complexity index is 566. The average molecular weight is 295 g/mol. The lowest BCUT2D eigenvalue weighted by Gasteiger charge is -2.42. The first-order chi connectivity index (χ1) is 9.70. The maximum Gasteiger partial charge on any atom is 0.381 e. The van der Waals surface area contributed by atoms with Crippen LogP contribution in [-0.4, -0.2) is 44.4 Å². The van der Waals surface area contributed by atoms with Gasteiger partial charge in [0.1, 0.15) is 12.7 Å². The Balaban J connectivity index is 2.07. The quantitative estimate of drug-likeness (QED) is 0.652. The van der Waals surface area contributed by atoms with Gasteiger partial charge in [-0.15, -0.1) is 0 Å². The molecular formula is C13H21N5O3. The van der Waals surface area contributed by atoms with Crippen molar-refractivity contribution in [3.63, 3.8) is 0 Å². The van der Waals surface area contributed by atoms with E-state index in [1.54, 1.807) is 11.8 Å². The van der Waals surface area contributed by atoms with Crippen LogP contribution in [0.3, 0.4) is 0 Å². The number of aryl methyl sites for hydroxylation is 1. The van der Waals surface area contributed by atoms with Gasteiger partial charge in [0.2, 0.25) is 11.7 Å². The zero-order chi connectivity index (χ0) is 15.8.